The van der Waals surface area contributed by atoms with Crippen molar-refractivity contribution in [2.75, 3.05) is 7.05 Å². The molecule has 0 unspecified atom stereocenters. The maximum Gasteiger partial charge on any atom is 0.407 e. The Morgan fingerprint density at radius 3 is 2.81 bits per heavy atom. The Kier molecular flexibility index (Phi) is 3.83. The van der Waals surface area contributed by atoms with E-state index in [0.717, 1.165) is 11.1 Å². The third-order valence-corrected chi connectivity index (χ3v) is 5.64. The Bertz CT molecular complexity index is 1010. The van der Waals surface area contributed by atoms with Crippen LogP contribution >= 0.6 is 0 Å². The molecule has 9 heteroatoms. The molecule has 4 rings (SSSR count). The van der Waals surface area contributed by atoms with Crippen molar-refractivity contribution < 1.29 is 14.6 Å². The number of nitrogens with zero attached hydrogens (tertiary/aromatic N) is 6. The lowest BCUT2D eigenvalue weighted by Gasteiger charge is -2.53. The SMILES string of the molecule is C[C@H]1[C@H](N(C)C(=O)O)C[C@@]1(C)Oc1nc(-c2cnn(C)c2)cn2nccc12. The highest BCUT2D eigenvalue weighted by atomic mass is 16.5. The number of fused-ring (bicyclic) bond motifs is 1. The number of rotatable bonds is 4. The van der Waals surface area contributed by atoms with Gasteiger partial charge in [0.15, 0.2) is 0 Å². The first-order chi connectivity index (χ1) is 12.8. The van der Waals surface area contributed by atoms with E-state index in [4.69, 9.17) is 9.72 Å². The molecule has 9 nitrogen and oxygen atoms in total. The largest absolute Gasteiger partial charge is 0.469 e. The maximum atomic E-state index is 11.2. The normalized spacial score (nSPS) is 24.6. The summed E-state index contributed by atoms with van der Waals surface area (Å²) in [6, 6.07) is 1.78. The Labute approximate surface area is 156 Å². The number of hydrogen-bond acceptors (Lipinski definition) is 5. The Hall–Kier alpha value is -3.10. The van der Waals surface area contributed by atoms with Crippen LogP contribution in [-0.2, 0) is 7.05 Å². The number of aryl methyl sites for hydroxylation is 1. The molecule has 1 aliphatic rings. The highest BCUT2D eigenvalue weighted by molar-refractivity contribution is 5.66. The average molecular weight is 370 g/mol. The minimum atomic E-state index is -0.927. The fourth-order valence-electron chi connectivity index (χ4n) is 3.66. The molecule has 3 aromatic rings. The molecule has 3 atom stereocenters. The van der Waals surface area contributed by atoms with Crippen LogP contribution in [0.1, 0.15) is 20.3 Å². The first-order valence-corrected chi connectivity index (χ1v) is 8.77. The average Bonchev–Trinajstić information content (AvgIpc) is 3.27. The van der Waals surface area contributed by atoms with Gasteiger partial charge in [-0.1, -0.05) is 6.92 Å². The zero-order valence-corrected chi connectivity index (χ0v) is 15.7. The van der Waals surface area contributed by atoms with Crippen molar-refractivity contribution >= 4 is 11.6 Å². The molecule has 0 spiro atoms. The van der Waals surface area contributed by atoms with E-state index in [2.05, 4.69) is 10.2 Å². The number of hydrogen-bond donors (Lipinski definition) is 1. The van der Waals surface area contributed by atoms with Gasteiger partial charge in [0, 0.05) is 44.2 Å². The summed E-state index contributed by atoms with van der Waals surface area (Å²) >= 11 is 0. The van der Waals surface area contributed by atoms with Gasteiger partial charge in [0.2, 0.25) is 5.88 Å². The second-order valence-electron chi connectivity index (χ2n) is 7.36. The number of carbonyl (C=O) groups is 1. The fraction of sp³-hybridized carbons (Fsp3) is 0.444. The maximum absolute atomic E-state index is 11.2. The number of aromatic nitrogens is 5. The van der Waals surface area contributed by atoms with Crippen LogP contribution in [0.25, 0.3) is 16.8 Å². The Morgan fingerprint density at radius 1 is 1.41 bits per heavy atom. The molecule has 0 bridgehead atoms. The van der Waals surface area contributed by atoms with Gasteiger partial charge in [0.1, 0.15) is 11.1 Å². The molecule has 3 heterocycles. The summed E-state index contributed by atoms with van der Waals surface area (Å²) in [4.78, 5) is 17.3. The second kappa shape index (κ2) is 5.97. The summed E-state index contributed by atoms with van der Waals surface area (Å²) in [5, 5.41) is 17.7. The van der Waals surface area contributed by atoms with Gasteiger partial charge in [-0.2, -0.15) is 10.2 Å². The van der Waals surface area contributed by atoms with Crippen LogP contribution in [0.15, 0.2) is 30.9 Å². The highest BCUT2D eigenvalue weighted by Crippen LogP contribution is 2.44. The minimum Gasteiger partial charge on any atom is -0.469 e. The van der Waals surface area contributed by atoms with Gasteiger partial charge < -0.3 is 14.7 Å². The van der Waals surface area contributed by atoms with Crippen LogP contribution in [0.5, 0.6) is 5.88 Å². The van der Waals surface area contributed by atoms with E-state index >= 15 is 0 Å². The molecule has 27 heavy (non-hydrogen) atoms. The van der Waals surface area contributed by atoms with E-state index in [-0.39, 0.29) is 12.0 Å². The summed E-state index contributed by atoms with van der Waals surface area (Å²) < 4.78 is 9.78. The molecule has 0 saturated heterocycles. The van der Waals surface area contributed by atoms with Crippen molar-refractivity contribution in [3.05, 3.63) is 30.9 Å². The molecular weight excluding hydrogens is 348 g/mol. The van der Waals surface area contributed by atoms with Crippen LogP contribution in [-0.4, -0.2) is 59.2 Å². The molecule has 1 N–H and O–H groups in total. The predicted octanol–water partition coefficient (Wildman–Crippen LogP) is 2.29. The van der Waals surface area contributed by atoms with E-state index in [1.54, 1.807) is 28.6 Å². The van der Waals surface area contributed by atoms with Crippen LogP contribution in [0.3, 0.4) is 0 Å². The first-order valence-electron chi connectivity index (χ1n) is 8.77. The Balaban J connectivity index is 1.66. The van der Waals surface area contributed by atoms with E-state index in [1.165, 1.54) is 4.90 Å². The minimum absolute atomic E-state index is 0.0328. The van der Waals surface area contributed by atoms with Crippen molar-refractivity contribution in [3.8, 4) is 17.1 Å². The van der Waals surface area contributed by atoms with Crippen LogP contribution in [0.2, 0.25) is 0 Å². The van der Waals surface area contributed by atoms with E-state index in [0.29, 0.717) is 18.0 Å². The lowest BCUT2D eigenvalue weighted by atomic mass is 9.66. The van der Waals surface area contributed by atoms with Gasteiger partial charge in [0.05, 0.1) is 24.3 Å². The smallest absolute Gasteiger partial charge is 0.407 e. The third kappa shape index (κ3) is 2.79. The van der Waals surface area contributed by atoms with Crippen molar-refractivity contribution in [1.82, 2.24) is 29.3 Å². The second-order valence-corrected chi connectivity index (χ2v) is 7.36. The quantitative estimate of drug-likeness (QED) is 0.757. The number of carboxylic acid groups (broad SMARTS) is 1. The number of ether oxygens (including phenoxy) is 1. The van der Waals surface area contributed by atoms with Gasteiger partial charge in [-0.15, -0.1) is 0 Å². The third-order valence-electron chi connectivity index (χ3n) is 5.64. The highest BCUT2D eigenvalue weighted by Gasteiger charge is 2.53. The summed E-state index contributed by atoms with van der Waals surface area (Å²) in [5.41, 5.74) is 1.85. The zero-order chi connectivity index (χ0) is 19.3. The number of amides is 1. The van der Waals surface area contributed by atoms with Gasteiger partial charge in [-0.25, -0.2) is 14.3 Å². The molecule has 0 aromatic carbocycles. The lowest BCUT2D eigenvalue weighted by Crippen LogP contribution is -2.63. The summed E-state index contributed by atoms with van der Waals surface area (Å²) in [5.74, 6) is 0.519. The summed E-state index contributed by atoms with van der Waals surface area (Å²) in [6.45, 7) is 4.00. The van der Waals surface area contributed by atoms with Crippen molar-refractivity contribution in [3.63, 3.8) is 0 Å². The standard InChI is InChI=1S/C18H22N6O3/c1-11-15(23(4)17(25)26)7-18(11,2)27-16-14-5-6-19-24(14)10-13(21-16)12-8-20-22(3)9-12/h5-6,8-11,15H,7H2,1-4H3,(H,25,26)/t11-,15+,18+/m0/s1. The van der Waals surface area contributed by atoms with Crippen molar-refractivity contribution in [2.24, 2.45) is 13.0 Å². The van der Waals surface area contributed by atoms with Gasteiger partial charge in [0.25, 0.3) is 0 Å². The van der Waals surface area contributed by atoms with E-state index in [1.807, 2.05) is 39.4 Å². The first kappa shape index (κ1) is 17.3. The molecule has 0 aliphatic heterocycles. The molecular formula is C18H22N6O3. The van der Waals surface area contributed by atoms with Gasteiger partial charge in [-0.05, 0) is 13.0 Å². The van der Waals surface area contributed by atoms with Crippen LogP contribution in [0.4, 0.5) is 4.79 Å². The molecule has 1 fully saturated rings. The van der Waals surface area contributed by atoms with Crippen LogP contribution < -0.4 is 4.74 Å². The topological polar surface area (TPSA) is 97.8 Å². The molecule has 0 radical (unpaired) electrons. The van der Waals surface area contributed by atoms with Crippen molar-refractivity contribution in [2.45, 2.75) is 31.9 Å². The monoisotopic (exact) mass is 370 g/mol. The molecule has 1 aliphatic carbocycles. The molecule has 142 valence electrons. The lowest BCUT2D eigenvalue weighted by molar-refractivity contribution is -0.102. The van der Waals surface area contributed by atoms with E-state index in [9.17, 15) is 9.90 Å². The van der Waals surface area contributed by atoms with Gasteiger partial charge in [-0.3, -0.25) is 4.68 Å². The fourth-order valence-corrected chi connectivity index (χ4v) is 3.66. The summed E-state index contributed by atoms with van der Waals surface area (Å²) in [6.07, 6.45) is 6.84. The zero-order valence-electron chi connectivity index (χ0n) is 15.7. The Morgan fingerprint density at radius 2 is 2.19 bits per heavy atom. The molecule has 1 amide bonds. The molecule has 1 saturated carbocycles. The van der Waals surface area contributed by atoms with E-state index < -0.39 is 11.7 Å². The predicted molar refractivity (Wildman–Crippen MR) is 97.6 cm³/mol. The van der Waals surface area contributed by atoms with Gasteiger partial charge >= 0.3 is 6.09 Å². The molecule has 3 aromatic heterocycles. The van der Waals surface area contributed by atoms with Crippen LogP contribution in [0, 0.1) is 5.92 Å². The van der Waals surface area contributed by atoms with Crippen molar-refractivity contribution in [1.29, 1.82) is 0 Å². The summed E-state index contributed by atoms with van der Waals surface area (Å²) in [7, 11) is 3.45.